The van der Waals surface area contributed by atoms with Gasteiger partial charge in [0, 0.05) is 41.7 Å². The molecule has 2 N–H and O–H groups in total. The molecule has 36 heavy (non-hydrogen) atoms. The summed E-state index contributed by atoms with van der Waals surface area (Å²) < 4.78 is 7.25. The van der Waals surface area contributed by atoms with Crippen LogP contribution in [0.3, 0.4) is 0 Å². The molecule has 1 aliphatic rings. The quantitative estimate of drug-likeness (QED) is 0.403. The lowest BCUT2D eigenvalue weighted by Gasteiger charge is -2.28. The van der Waals surface area contributed by atoms with E-state index < -0.39 is 5.25 Å². The Labute approximate surface area is 219 Å². The molecule has 2 aromatic carbocycles. The van der Waals surface area contributed by atoms with E-state index in [-0.39, 0.29) is 18.2 Å². The van der Waals surface area contributed by atoms with Crippen molar-refractivity contribution in [2.45, 2.75) is 37.2 Å². The molecule has 4 rings (SSSR count). The van der Waals surface area contributed by atoms with Gasteiger partial charge in [0.2, 0.25) is 11.8 Å². The largest absolute Gasteiger partial charge is 0.378 e. The smallest absolute Gasteiger partial charge is 0.237 e. The number of amides is 2. The van der Waals surface area contributed by atoms with Gasteiger partial charge in [0.25, 0.3) is 0 Å². The molecule has 0 radical (unpaired) electrons. The zero-order chi connectivity index (χ0) is 25.5. The fraction of sp³-hybridized carbons (Fsp3) is 0.360. The van der Waals surface area contributed by atoms with Gasteiger partial charge >= 0.3 is 0 Å². The summed E-state index contributed by atoms with van der Waals surface area (Å²) in [6.07, 6.45) is 0.0595. The second-order valence-electron chi connectivity index (χ2n) is 8.27. The lowest BCUT2D eigenvalue weighted by molar-refractivity contribution is -0.116. The van der Waals surface area contributed by atoms with E-state index >= 15 is 0 Å². The van der Waals surface area contributed by atoms with E-state index in [2.05, 4.69) is 25.7 Å². The highest BCUT2D eigenvalue weighted by molar-refractivity contribution is 8.00. The third kappa shape index (κ3) is 6.77. The van der Waals surface area contributed by atoms with Gasteiger partial charge in [-0.1, -0.05) is 29.4 Å². The highest BCUT2D eigenvalue weighted by atomic mass is 35.5. The molecule has 1 aromatic heterocycles. The average molecular weight is 529 g/mol. The van der Waals surface area contributed by atoms with Crippen LogP contribution >= 0.6 is 23.4 Å². The Balaban J connectivity index is 1.33. The lowest BCUT2D eigenvalue weighted by atomic mass is 10.2. The second kappa shape index (κ2) is 12.2. The number of carbonyl (C=O) groups excluding carboxylic acids is 2. The number of halogens is 1. The summed E-state index contributed by atoms with van der Waals surface area (Å²) in [4.78, 5) is 27.6. The Morgan fingerprint density at radius 3 is 2.53 bits per heavy atom. The molecule has 2 amide bonds. The topological polar surface area (TPSA) is 101 Å². The van der Waals surface area contributed by atoms with Gasteiger partial charge in [0.1, 0.15) is 5.82 Å². The molecule has 1 unspecified atom stereocenters. The molecule has 1 atom stereocenters. The fourth-order valence-corrected chi connectivity index (χ4v) is 4.92. The van der Waals surface area contributed by atoms with E-state index in [1.54, 1.807) is 24.3 Å². The minimum absolute atomic E-state index is 0.0595. The van der Waals surface area contributed by atoms with Crippen molar-refractivity contribution in [1.82, 2.24) is 14.8 Å². The van der Waals surface area contributed by atoms with E-state index in [4.69, 9.17) is 16.3 Å². The standard InChI is InChI=1S/C25H29ClN6O3S/c1-3-32-22(16-23(33)27-20-6-4-5-18(26)15-20)29-30-25(32)36-17(2)24(34)28-19-7-9-21(10-8-19)31-11-13-35-14-12-31/h4-10,15,17H,3,11-14,16H2,1-2H3,(H,27,33)(H,28,34). The van der Waals surface area contributed by atoms with Crippen molar-refractivity contribution in [1.29, 1.82) is 0 Å². The SMILES string of the molecule is CCn1c(CC(=O)Nc2cccc(Cl)c2)nnc1SC(C)C(=O)Nc1ccc(N2CCOCC2)cc1. The molecular formula is C25H29ClN6O3S. The first-order valence-corrected chi connectivity index (χ1v) is 13.1. The third-order valence-electron chi connectivity index (χ3n) is 5.70. The maximum atomic E-state index is 12.8. The van der Waals surface area contributed by atoms with E-state index in [1.165, 1.54) is 11.8 Å². The summed E-state index contributed by atoms with van der Waals surface area (Å²) in [7, 11) is 0. The zero-order valence-corrected chi connectivity index (χ0v) is 21.8. The van der Waals surface area contributed by atoms with Gasteiger partial charge in [-0.05, 0) is 56.3 Å². The Bertz CT molecular complexity index is 1200. The van der Waals surface area contributed by atoms with Gasteiger partial charge in [-0.25, -0.2) is 0 Å². The van der Waals surface area contributed by atoms with Crippen molar-refractivity contribution in [3.8, 4) is 0 Å². The van der Waals surface area contributed by atoms with Gasteiger partial charge in [0.15, 0.2) is 5.16 Å². The van der Waals surface area contributed by atoms with E-state index in [0.29, 0.717) is 28.2 Å². The van der Waals surface area contributed by atoms with Gasteiger partial charge < -0.3 is 24.8 Å². The Morgan fingerprint density at radius 1 is 1.08 bits per heavy atom. The summed E-state index contributed by atoms with van der Waals surface area (Å²) in [5.41, 5.74) is 2.47. The van der Waals surface area contributed by atoms with Crippen LogP contribution in [0.15, 0.2) is 53.7 Å². The van der Waals surface area contributed by atoms with Crippen LogP contribution in [-0.4, -0.2) is 58.1 Å². The summed E-state index contributed by atoms with van der Waals surface area (Å²) in [5.74, 6) is 0.179. The number of nitrogens with zero attached hydrogens (tertiary/aromatic N) is 4. The van der Waals surface area contributed by atoms with Gasteiger partial charge in [-0.2, -0.15) is 0 Å². The number of ether oxygens (including phenoxy) is 1. The number of thioether (sulfide) groups is 1. The Hall–Kier alpha value is -3.08. The summed E-state index contributed by atoms with van der Waals surface area (Å²) in [6.45, 7) is 7.53. The number of morpholine rings is 1. The van der Waals surface area contributed by atoms with Crippen LogP contribution in [-0.2, 0) is 27.3 Å². The monoisotopic (exact) mass is 528 g/mol. The van der Waals surface area contributed by atoms with Crippen molar-refractivity contribution in [2.75, 3.05) is 41.8 Å². The summed E-state index contributed by atoms with van der Waals surface area (Å²) in [5, 5.41) is 14.9. The average Bonchev–Trinajstić information content (AvgIpc) is 3.25. The molecule has 0 bridgehead atoms. The van der Waals surface area contributed by atoms with Crippen LogP contribution in [0.1, 0.15) is 19.7 Å². The first kappa shape index (κ1) is 26.0. The molecule has 0 saturated carbocycles. The van der Waals surface area contributed by atoms with Crippen LogP contribution in [0.5, 0.6) is 0 Å². The normalized spacial score (nSPS) is 14.4. The van der Waals surface area contributed by atoms with Crippen LogP contribution in [0, 0.1) is 0 Å². The molecule has 1 fully saturated rings. The van der Waals surface area contributed by atoms with Crippen LogP contribution < -0.4 is 15.5 Å². The van der Waals surface area contributed by atoms with Crippen LogP contribution in [0.2, 0.25) is 5.02 Å². The number of carbonyl (C=O) groups is 2. The first-order chi connectivity index (χ1) is 17.4. The maximum absolute atomic E-state index is 12.8. The molecule has 3 aromatic rings. The van der Waals surface area contributed by atoms with Crippen molar-refractivity contribution < 1.29 is 14.3 Å². The molecular weight excluding hydrogens is 500 g/mol. The zero-order valence-electron chi connectivity index (χ0n) is 20.2. The maximum Gasteiger partial charge on any atom is 0.237 e. The lowest BCUT2D eigenvalue weighted by Crippen LogP contribution is -2.36. The minimum Gasteiger partial charge on any atom is -0.378 e. The highest BCUT2D eigenvalue weighted by Crippen LogP contribution is 2.25. The van der Waals surface area contributed by atoms with Crippen LogP contribution in [0.25, 0.3) is 0 Å². The van der Waals surface area contributed by atoms with Crippen molar-refractivity contribution in [3.63, 3.8) is 0 Å². The molecule has 9 nitrogen and oxygen atoms in total. The number of nitrogens with one attached hydrogen (secondary N) is 2. The minimum atomic E-state index is -0.411. The van der Waals surface area contributed by atoms with E-state index in [0.717, 1.165) is 37.7 Å². The van der Waals surface area contributed by atoms with Gasteiger partial charge in [-0.3, -0.25) is 9.59 Å². The Kier molecular flexibility index (Phi) is 8.84. The third-order valence-corrected chi connectivity index (χ3v) is 7.01. The predicted molar refractivity (Wildman–Crippen MR) is 143 cm³/mol. The number of aromatic nitrogens is 3. The number of hydrogen-bond acceptors (Lipinski definition) is 7. The van der Waals surface area contributed by atoms with Crippen molar-refractivity contribution >= 4 is 52.2 Å². The molecule has 11 heteroatoms. The molecule has 0 aliphatic carbocycles. The molecule has 1 aliphatic heterocycles. The second-order valence-corrected chi connectivity index (χ2v) is 10.0. The van der Waals surface area contributed by atoms with E-state index in [9.17, 15) is 9.59 Å². The fourth-order valence-electron chi connectivity index (χ4n) is 3.80. The Morgan fingerprint density at radius 2 is 1.83 bits per heavy atom. The molecule has 190 valence electrons. The number of benzene rings is 2. The number of hydrogen-bond donors (Lipinski definition) is 2. The predicted octanol–water partition coefficient (Wildman–Crippen LogP) is 4.09. The van der Waals surface area contributed by atoms with Crippen LogP contribution in [0.4, 0.5) is 17.1 Å². The highest BCUT2D eigenvalue weighted by Gasteiger charge is 2.21. The molecule has 2 heterocycles. The number of rotatable bonds is 9. The molecule has 0 spiro atoms. The summed E-state index contributed by atoms with van der Waals surface area (Å²) >= 11 is 7.29. The van der Waals surface area contributed by atoms with Crippen molar-refractivity contribution in [3.05, 3.63) is 59.4 Å². The molecule has 1 saturated heterocycles. The first-order valence-electron chi connectivity index (χ1n) is 11.8. The van der Waals surface area contributed by atoms with Gasteiger partial charge in [0.05, 0.1) is 24.9 Å². The number of anilines is 3. The van der Waals surface area contributed by atoms with E-state index in [1.807, 2.05) is 42.7 Å². The summed E-state index contributed by atoms with van der Waals surface area (Å²) in [6, 6.07) is 14.8. The van der Waals surface area contributed by atoms with Gasteiger partial charge in [-0.15, -0.1) is 10.2 Å². The van der Waals surface area contributed by atoms with Crippen molar-refractivity contribution in [2.24, 2.45) is 0 Å².